The number of carboxylic acids is 1. The van der Waals surface area contributed by atoms with E-state index in [1.54, 1.807) is 25.1 Å². The molecule has 0 saturated carbocycles. The van der Waals surface area contributed by atoms with Crippen molar-refractivity contribution < 1.29 is 32.2 Å². The Bertz CT molecular complexity index is 1720. The molecule has 1 heterocycles. The predicted octanol–water partition coefficient (Wildman–Crippen LogP) is 5.79. The Morgan fingerprint density at radius 2 is 1.80 bits per heavy atom. The minimum absolute atomic E-state index is 0.0955. The molecular formula is C28H26ClFN4O6S. The van der Waals surface area contributed by atoms with Crippen molar-refractivity contribution in [2.45, 2.75) is 38.1 Å². The van der Waals surface area contributed by atoms with Gasteiger partial charge in [0.1, 0.15) is 16.5 Å². The maximum absolute atomic E-state index is 13.6. The molecule has 0 saturated heterocycles. The topological polar surface area (TPSA) is 140 Å². The molecule has 13 heteroatoms. The van der Waals surface area contributed by atoms with Gasteiger partial charge in [-0.1, -0.05) is 30.7 Å². The number of hydrogen-bond acceptors (Lipinski definition) is 6. The highest BCUT2D eigenvalue weighted by atomic mass is 35.5. The standard InChI is InChI=1S/C28H26ClFN4O6S/c1-4-16(2)33-41(38,39)24-15-19(31-26(35)21-7-5-6-8-22(21)29)11-14-23(24)40-27-17(3)25(28(36)37)32-34(27)20-12-9-18(30)10-13-20/h5-16,33H,4H2,1-3H3,(H,31,35)(H,36,37). The van der Waals surface area contributed by atoms with Gasteiger partial charge in [0.2, 0.25) is 15.9 Å². The normalized spacial score (nSPS) is 12.1. The largest absolute Gasteiger partial charge is 0.476 e. The Morgan fingerprint density at radius 1 is 1.12 bits per heavy atom. The number of carboxylic acid groups (broad SMARTS) is 1. The van der Waals surface area contributed by atoms with Crippen molar-refractivity contribution in [3.63, 3.8) is 0 Å². The number of carbonyl (C=O) groups excluding carboxylic acids is 1. The summed E-state index contributed by atoms with van der Waals surface area (Å²) < 4.78 is 50.3. The molecule has 1 amide bonds. The first kappa shape index (κ1) is 29.7. The van der Waals surface area contributed by atoms with Crippen molar-refractivity contribution >= 4 is 39.2 Å². The molecule has 0 aliphatic carbocycles. The quantitative estimate of drug-likeness (QED) is 0.209. The molecular weight excluding hydrogens is 575 g/mol. The van der Waals surface area contributed by atoms with Crippen molar-refractivity contribution in [3.05, 3.63) is 94.4 Å². The van der Waals surface area contributed by atoms with E-state index in [1.807, 2.05) is 6.92 Å². The minimum Gasteiger partial charge on any atom is -0.476 e. The summed E-state index contributed by atoms with van der Waals surface area (Å²) in [4.78, 5) is 24.4. The Labute approximate surface area is 240 Å². The summed E-state index contributed by atoms with van der Waals surface area (Å²) >= 11 is 6.13. The van der Waals surface area contributed by atoms with Crippen molar-refractivity contribution in [2.75, 3.05) is 5.32 Å². The van der Waals surface area contributed by atoms with Gasteiger partial charge in [-0.25, -0.2) is 22.3 Å². The summed E-state index contributed by atoms with van der Waals surface area (Å²) in [6.45, 7) is 4.95. The van der Waals surface area contributed by atoms with Crippen LogP contribution in [0.3, 0.4) is 0 Å². The van der Waals surface area contributed by atoms with Gasteiger partial charge in [0, 0.05) is 17.3 Å². The lowest BCUT2D eigenvalue weighted by atomic mass is 10.2. The van der Waals surface area contributed by atoms with Crippen molar-refractivity contribution in [1.82, 2.24) is 14.5 Å². The van der Waals surface area contributed by atoms with E-state index in [4.69, 9.17) is 16.3 Å². The van der Waals surface area contributed by atoms with Crippen LogP contribution in [0.25, 0.3) is 5.69 Å². The molecule has 41 heavy (non-hydrogen) atoms. The third-order valence-electron chi connectivity index (χ3n) is 6.13. The number of nitrogens with zero attached hydrogens (tertiary/aromatic N) is 2. The van der Waals surface area contributed by atoms with Crippen LogP contribution >= 0.6 is 11.6 Å². The number of halogens is 2. The fraction of sp³-hybridized carbons (Fsp3) is 0.179. The number of benzene rings is 3. The fourth-order valence-corrected chi connectivity index (χ4v) is 5.50. The zero-order chi connectivity index (χ0) is 29.9. The van der Waals surface area contributed by atoms with E-state index in [2.05, 4.69) is 15.1 Å². The molecule has 0 spiro atoms. The highest BCUT2D eigenvalue weighted by Gasteiger charge is 2.27. The number of aromatic carboxylic acids is 1. The zero-order valence-electron chi connectivity index (χ0n) is 22.2. The minimum atomic E-state index is -4.21. The molecule has 4 aromatic rings. The Hall–Kier alpha value is -4.26. The maximum Gasteiger partial charge on any atom is 0.356 e. The first-order valence-electron chi connectivity index (χ1n) is 12.4. The zero-order valence-corrected chi connectivity index (χ0v) is 23.8. The molecule has 0 bridgehead atoms. The highest BCUT2D eigenvalue weighted by molar-refractivity contribution is 7.89. The van der Waals surface area contributed by atoms with Crippen molar-refractivity contribution in [1.29, 1.82) is 0 Å². The van der Waals surface area contributed by atoms with Gasteiger partial charge in [0.15, 0.2) is 5.69 Å². The Morgan fingerprint density at radius 3 is 2.44 bits per heavy atom. The predicted molar refractivity (Wildman–Crippen MR) is 151 cm³/mol. The number of rotatable bonds is 10. The van der Waals surface area contributed by atoms with Gasteiger partial charge in [-0.3, -0.25) is 4.79 Å². The number of amides is 1. The number of nitrogens with one attached hydrogen (secondary N) is 2. The number of carbonyl (C=O) groups is 2. The van der Waals surface area contributed by atoms with E-state index in [0.29, 0.717) is 6.42 Å². The summed E-state index contributed by atoms with van der Waals surface area (Å²) in [6, 6.07) is 15.0. The highest BCUT2D eigenvalue weighted by Crippen LogP contribution is 2.35. The molecule has 0 radical (unpaired) electrons. The number of sulfonamides is 1. The lowest BCUT2D eigenvalue weighted by Gasteiger charge is -2.18. The van der Waals surface area contributed by atoms with Crippen molar-refractivity contribution in [3.8, 4) is 17.3 Å². The second-order valence-electron chi connectivity index (χ2n) is 9.10. The first-order valence-corrected chi connectivity index (χ1v) is 14.3. The summed E-state index contributed by atoms with van der Waals surface area (Å²) in [5.41, 5.74) is 0.382. The summed E-state index contributed by atoms with van der Waals surface area (Å²) in [5, 5.41) is 16.6. The van der Waals surface area contributed by atoms with E-state index in [-0.39, 0.29) is 49.7 Å². The van der Waals surface area contributed by atoms with Crippen LogP contribution in [0.1, 0.15) is 46.7 Å². The van der Waals surface area contributed by atoms with E-state index >= 15 is 0 Å². The third-order valence-corrected chi connectivity index (χ3v) is 8.07. The number of hydrogen-bond donors (Lipinski definition) is 3. The molecule has 1 unspecified atom stereocenters. The van der Waals surface area contributed by atoms with E-state index in [0.717, 1.165) is 4.68 Å². The molecule has 10 nitrogen and oxygen atoms in total. The molecule has 4 rings (SSSR count). The lowest BCUT2D eigenvalue weighted by molar-refractivity contribution is 0.0689. The van der Waals surface area contributed by atoms with Crippen LogP contribution in [-0.4, -0.2) is 41.2 Å². The van der Waals surface area contributed by atoms with Gasteiger partial charge >= 0.3 is 5.97 Å². The van der Waals surface area contributed by atoms with Gasteiger partial charge in [0.25, 0.3) is 5.91 Å². The van der Waals surface area contributed by atoms with Crippen molar-refractivity contribution in [2.24, 2.45) is 0 Å². The Balaban J connectivity index is 1.82. The molecule has 0 fully saturated rings. The summed E-state index contributed by atoms with van der Waals surface area (Å²) in [5.74, 6) is -2.67. The molecule has 0 aliphatic rings. The lowest BCUT2D eigenvalue weighted by Crippen LogP contribution is -2.32. The number of ether oxygens (including phenoxy) is 1. The molecule has 1 atom stereocenters. The van der Waals surface area contributed by atoms with Crippen LogP contribution in [-0.2, 0) is 10.0 Å². The van der Waals surface area contributed by atoms with Crippen LogP contribution in [0.15, 0.2) is 71.6 Å². The second kappa shape index (κ2) is 12.1. The van der Waals surface area contributed by atoms with Gasteiger partial charge in [-0.15, -0.1) is 0 Å². The fourth-order valence-electron chi connectivity index (χ4n) is 3.80. The average molecular weight is 601 g/mol. The number of anilines is 1. The summed E-state index contributed by atoms with van der Waals surface area (Å²) in [6.07, 6.45) is 0.497. The van der Waals surface area contributed by atoms with Gasteiger partial charge < -0.3 is 15.2 Å². The van der Waals surface area contributed by atoms with Crippen LogP contribution < -0.4 is 14.8 Å². The summed E-state index contributed by atoms with van der Waals surface area (Å²) in [7, 11) is -4.21. The van der Waals surface area contributed by atoms with Crippen LogP contribution in [0.4, 0.5) is 10.1 Å². The average Bonchev–Trinajstić information content (AvgIpc) is 3.25. The number of aromatic nitrogens is 2. The second-order valence-corrected chi connectivity index (χ2v) is 11.2. The molecule has 3 aromatic carbocycles. The molecule has 3 N–H and O–H groups in total. The van der Waals surface area contributed by atoms with E-state index < -0.39 is 33.8 Å². The van der Waals surface area contributed by atoms with Crippen LogP contribution in [0.2, 0.25) is 5.02 Å². The van der Waals surface area contributed by atoms with E-state index in [1.165, 1.54) is 55.5 Å². The monoisotopic (exact) mass is 600 g/mol. The Kier molecular flexibility index (Phi) is 8.76. The molecule has 214 valence electrons. The first-order chi connectivity index (χ1) is 19.4. The third kappa shape index (κ3) is 6.56. The molecule has 0 aliphatic heterocycles. The maximum atomic E-state index is 13.6. The molecule has 1 aromatic heterocycles. The van der Waals surface area contributed by atoms with Gasteiger partial charge in [-0.2, -0.15) is 9.78 Å². The van der Waals surface area contributed by atoms with Crippen LogP contribution in [0.5, 0.6) is 11.6 Å². The van der Waals surface area contributed by atoms with Gasteiger partial charge in [0.05, 0.1) is 16.3 Å². The SMILES string of the molecule is CCC(C)NS(=O)(=O)c1cc(NC(=O)c2ccccc2Cl)ccc1Oc1c(C)c(C(=O)O)nn1-c1ccc(F)cc1. The van der Waals surface area contributed by atoms with Crippen LogP contribution in [0, 0.1) is 12.7 Å². The van der Waals surface area contributed by atoms with Gasteiger partial charge in [-0.05, 0) is 74.9 Å². The van der Waals surface area contributed by atoms with E-state index in [9.17, 15) is 27.5 Å². The smallest absolute Gasteiger partial charge is 0.356 e.